The smallest absolute Gasteiger partial charge is 0.129 e. The lowest BCUT2D eigenvalue weighted by Crippen LogP contribution is -2.16. The summed E-state index contributed by atoms with van der Waals surface area (Å²) in [6.07, 6.45) is 6.36. The molecule has 0 saturated heterocycles. The molecule has 0 heterocycles. The van der Waals surface area contributed by atoms with E-state index < -0.39 is 8.07 Å². The molecular weight excluding hydrogens is 148 g/mol. The minimum atomic E-state index is -1.11. The van der Waals surface area contributed by atoms with Gasteiger partial charge in [0, 0.05) is 6.42 Å². The van der Waals surface area contributed by atoms with E-state index in [9.17, 15) is 0 Å². The highest BCUT2D eigenvalue weighted by Crippen LogP contribution is 1.96. The fraction of sp³-hybridized carbons (Fsp3) is 0.600. The van der Waals surface area contributed by atoms with Crippen LogP contribution >= 0.6 is 0 Å². The van der Waals surface area contributed by atoms with Gasteiger partial charge in [-0.15, -0.1) is 11.5 Å². The van der Waals surface area contributed by atoms with Gasteiger partial charge in [-0.3, -0.25) is 0 Å². The average molecular weight is 166 g/mol. The Kier molecular flexibility index (Phi) is 4.98. The molecule has 0 saturated carbocycles. The van der Waals surface area contributed by atoms with Crippen LogP contribution in [0.4, 0.5) is 0 Å². The zero-order valence-electron chi connectivity index (χ0n) is 8.07. The Morgan fingerprint density at radius 3 is 2.27 bits per heavy atom. The first-order valence-corrected chi connectivity index (χ1v) is 7.71. The van der Waals surface area contributed by atoms with Gasteiger partial charge in [-0.2, -0.15) is 0 Å². The Labute approximate surface area is 71.7 Å². The van der Waals surface area contributed by atoms with Crippen molar-refractivity contribution in [2.75, 3.05) is 0 Å². The van der Waals surface area contributed by atoms with Crippen molar-refractivity contribution in [2.24, 2.45) is 0 Å². The van der Waals surface area contributed by atoms with E-state index in [1.165, 1.54) is 0 Å². The molecule has 0 unspecified atom stereocenters. The third-order valence-corrected chi connectivity index (χ3v) is 2.01. The van der Waals surface area contributed by atoms with Gasteiger partial charge in [0.1, 0.15) is 8.07 Å². The molecule has 0 aliphatic heterocycles. The summed E-state index contributed by atoms with van der Waals surface area (Å²) in [5.41, 5.74) is 3.32. The predicted molar refractivity (Wildman–Crippen MR) is 55.2 cm³/mol. The summed E-state index contributed by atoms with van der Waals surface area (Å²) in [4.78, 5) is 0. The second kappa shape index (κ2) is 5.20. The molecule has 0 atom stereocenters. The molecule has 0 N–H and O–H groups in total. The first-order chi connectivity index (χ1) is 5.06. The van der Waals surface area contributed by atoms with E-state index >= 15 is 0 Å². The van der Waals surface area contributed by atoms with Crippen LogP contribution in [0.15, 0.2) is 12.2 Å². The van der Waals surface area contributed by atoms with Crippen molar-refractivity contribution in [3.63, 3.8) is 0 Å². The highest BCUT2D eigenvalue weighted by molar-refractivity contribution is 6.83. The maximum Gasteiger partial charge on any atom is 0.129 e. The van der Waals surface area contributed by atoms with Crippen molar-refractivity contribution in [1.29, 1.82) is 0 Å². The normalized spacial score (nSPS) is 11.3. The first kappa shape index (κ1) is 10.5. The van der Waals surface area contributed by atoms with E-state index in [0.717, 1.165) is 12.8 Å². The van der Waals surface area contributed by atoms with Gasteiger partial charge in [0.15, 0.2) is 0 Å². The standard InChI is InChI=1S/C10H18Si/c1-5-6-7-8-9-10-11(2,3)4/h6-7H,5,8H2,1-4H3/b7-6+. The fourth-order valence-corrected chi connectivity index (χ4v) is 1.26. The van der Waals surface area contributed by atoms with Crippen LogP contribution in [0.5, 0.6) is 0 Å². The quantitative estimate of drug-likeness (QED) is 0.336. The number of hydrogen-bond donors (Lipinski definition) is 0. The Bertz CT molecular complexity index is 173. The minimum Gasteiger partial charge on any atom is -0.132 e. The Balaban J connectivity index is 3.65. The molecule has 0 amide bonds. The maximum absolute atomic E-state index is 3.32. The van der Waals surface area contributed by atoms with Gasteiger partial charge in [0.2, 0.25) is 0 Å². The Hall–Kier alpha value is -0.483. The summed E-state index contributed by atoms with van der Waals surface area (Å²) < 4.78 is 0. The summed E-state index contributed by atoms with van der Waals surface area (Å²) >= 11 is 0. The highest BCUT2D eigenvalue weighted by Gasteiger charge is 2.06. The molecule has 0 aromatic heterocycles. The van der Waals surface area contributed by atoms with Crippen LogP contribution < -0.4 is 0 Å². The van der Waals surface area contributed by atoms with E-state index in [-0.39, 0.29) is 0 Å². The highest BCUT2D eigenvalue weighted by atomic mass is 28.3. The third-order valence-electron chi connectivity index (χ3n) is 1.09. The van der Waals surface area contributed by atoms with E-state index in [2.05, 4.69) is 50.2 Å². The van der Waals surface area contributed by atoms with Gasteiger partial charge < -0.3 is 0 Å². The van der Waals surface area contributed by atoms with E-state index in [4.69, 9.17) is 0 Å². The first-order valence-electron chi connectivity index (χ1n) is 4.21. The summed E-state index contributed by atoms with van der Waals surface area (Å²) in [6.45, 7) is 8.94. The zero-order valence-corrected chi connectivity index (χ0v) is 9.07. The van der Waals surface area contributed by atoms with Gasteiger partial charge in [-0.1, -0.05) is 38.7 Å². The minimum absolute atomic E-state index is 0.929. The predicted octanol–water partition coefficient (Wildman–Crippen LogP) is 3.22. The van der Waals surface area contributed by atoms with Crippen LogP contribution in [-0.4, -0.2) is 8.07 Å². The summed E-state index contributed by atoms with van der Waals surface area (Å²) in [6, 6.07) is 0. The number of allylic oxidation sites excluding steroid dienone is 2. The molecule has 0 rings (SSSR count). The molecule has 0 bridgehead atoms. The van der Waals surface area contributed by atoms with Crippen LogP contribution in [0, 0.1) is 11.5 Å². The van der Waals surface area contributed by atoms with Crippen molar-refractivity contribution >= 4 is 8.07 Å². The van der Waals surface area contributed by atoms with E-state index in [1.807, 2.05) is 0 Å². The Morgan fingerprint density at radius 2 is 1.82 bits per heavy atom. The monoisotopic (exact) mass is 166 g/mol. The largest absolute Gasteiger partial charge is 0.132 e. The van der Waals surface area contributed by atoms with Gasteiger partial charge >= 0.3 is 0 Å². The van der Waals surface area contributed by atoms with Crippen molar-refractivity contribution in [2.45, 2.75) is 39.4 Å². The zero-order chi connectivity index (χ0) is 8.74. The van der Waals surface area contributed by atoms with E-state index in [1.54, 1.807) is 0 Å². The number of rotatable bonds is 2. The topological polar surface area (TPSA) is 0 Å². The second-order valence-electron chi connectivity index (χ2n) is 3.64. The lowest BCUT2D eigenvalue weighted by molar-refractivity contribution is 1.21. The molecule has 0 radical (unpaired) electrons. The van der Waals surface area contributed by atoms with Crippen molar-refractivity contribution < 1.29 is 0 Å². The lowest BCUT2D eigenvalue weighted by Gasteiger charge is -2.02. The van der Waals surface area contributed by atoms with Crippen molar-refractivity contribution in [3.05, 3.63) is 12.2 Å². The van der Waals surface area contributed by atoms with Crippen LogP contribution in [0.25, 0.3) is 0 Å². The van der Waals surface area contributed by atoms with Gasteiger partial charge in [0.25, 0.3) is 0 Å². The SMILES string of the molecule is CC/C=C/CC#C[Si](C)(C)C. The molecule has 62 valence electrons. The number of hydrogen-bond acceptors (Lipinski definition) is 0. The molecule has 0 nitrogen and oxygen atoms in total. The van der Waals surface area contributed by atoms with Gasteiger partial charge in [-0.05, 0) is 6.42 Å². The van der Waals surface area contributed by atoms with Crippen LogP contribution in [0.1, 0.15) is 19.8 Å². The molecule has 0 aliphatic rings. The molecule has 0 aromatic rings. The second-order valence-corrected chi connectivity index (χ2v) is 8.39. The molecule has 1 heteroatoms. The summed E-state index contributed by atoms with van der Waals surface area (Å²) in [7, 11) is -1.11. The maximum atomic E-state index is 3.32. The summed E-state index contributed by atoms with van der Waals surface area (Å²) in [5, 5.41) is 0. The van der Waals surface area contributed by atoms with Crippen LogP contribution in [0.2, 0.25) is 19.6 Å². The lowest BCUT2D eigenvalue weighted by atomic mass is 10.3. The molecule has 11 heavy (non-hydrogen) atoms. The van der Waals surface area contributed by atoms with Crippen molar-refractivity contribution in [1.82, 2.24) is 0 Å². The van der Waals surface area contributed by atoms with Gasteiger partial charge in [-0.25, -0.2) is 0 Å². The Morgan fingerprint density at radius 1 is 1.18 bits per heavy atom. The molecular formula is C10H18Si. The summed E-state index contributed by atoms with van der Waals surface area (Å²) in [5.74, 6) is 3.19. The van der Waals surface area contributed by atoms with Crippen LogP contribution in [-0.2, 0) is 0 Å². The molecule has 0 aromatic carbocycles. The van der Waals surface area contributed by atoms with Gasteiger partial charge in [0.05, 0.1) is 0 Å². The molecule has 0 fully saturated rings. The van der Waals surface area contributed by atoms with E-state index in [0.29, 0.717) is 0 Å². The average Bonchev–Trinajstić information content (AvgIpc) is 1.85. The fourth-order valence-electron chi connectivity index (χ4n) is 0.625. The third kappa shape index (κ3) is 9.52. The molecule has 0 spiro atoms. The van der Waals surface area contributed by atoms with Crippen molar-refractivity contribution in [3.8, 4) is 11.5 Å². The van der Waals surface area contributed by atoms with Crippen LogP contribution in [0.3, 0.4) is 0 Å². The molecule has 0 aliphatic carbocycles.